The summed E-state index contributed by atoms with van der Waals surface area (Å²) in [6, 6.07) is 4.65. The van der Waals surface area contributed by atoms with Crippen LogP contribution in [0.2, 0.25) is 10.0 Å². The van der Waals surface area contributed by atoms with Gasteiger partial charge in [-0.3, -0.25) is 25.2 Å². The first-order valence-electron chi connectivity index (χ1n) is 9.23. The monoisotopic (exact) mass is 442 g/mol. The van der Waals surface area contributed by atoms with Crippen molar-refractivity contribution in [2.45, 2.75) is 46.1 Å². The second-order valence-electron chi connectivity index (χ2n) is 7.09. The number of nitrogens with one attached hydrogen (secondary N) is 2. The number of rotatable bonds is 6. The van der Waals surface area contributed by atoms with E-state index in [-0.39, 0.29) is 5.75 Å². The quantitative estimate of drug-likeness (QED) is 0.459. The Morgan fingerprint density at radius 3 is 2.34 bits per heavy atom. The molecule has 0 spiro atoms. The van der Waals surface area contributed by atoms with Gasteiger partial charge in [-0.05, 0) is 45.2 Å². The van der Waals surface area contributed by atoms with E-state index in [1.54, 1.807) is 19.1 Å². The lowest BCUT2D eigenvalue weighted by Crippen LogP contribution is -2.51. The summed E-state index contributed by atoms with van der Waals surface area (Å²) in [6.07, 6.45) is 0.0290. The molecule has 1 aliphatic rings. The summed E-state index contributed by atoms with van der Waals surface area (Å²) in [5.74, 6) is -3.51. The molecule has 0 fully saturated rings. The van der Waals surface area contributed by atoms with Gasteiger partial charge >= 0.3 is 5.97 Å². The smallest absolute Gasteiger partial charge is 0.307 e. The molecule has 0 saturated carbocycles. The molecule has 0 aliphatic heterocycles. The lowest BCUT2D eigenvalue weighted by molar-refractivity contribution is -0.148. The number of carbonyl (C=O) groups excluding carboxylic acids is 2. The minimum Gasteiger partial charge on any atom is -0.481 e. The Bertz CT molecular complexity index is 840. The molecule has 0 unspecified atom stereocenters. The van der Waals surface area contributed by atoms with Gasteiger partial charge in [0.25, 0.3) is 5.91 Å². The number of benzene rings is 1. The van der Waals surface area contributed by atoms with Gasteiger partial charge in [0.15, 0.2) is 6.10 Å². The van der Waals surface area contributed by atoms with Crippen molar-refractivity contribution in [3.05, 3.63) is 39.4 Å². The lowest BCUT2D eigenvalue weighted by Gasteiger charge is -2.29. The van der Waals surface area contributed by atoms with Gasteiger partial charge in [-0.2, -0.15) is 0 Å². The van der Waals surface area contributed by atoms with Crippen LogP contribution >= 0.6 is 23.2 Å². The molecule has 2 amide bonds. The molecule has 0 radical (unpaired) electrons. The fraction of sp³-hybridized carbons (Fsp3) is 0.450. The number of hydrogen-bond donors (Lipinski definition) is 3. The van der Waals surface area contributed by atoms with Crippen LogP contribution in [0.4, 0.5) is 0 Å². The molecular weight excluding hydrogens is 419 g/mol. The van der Waals surface area contributed by atoms with Crippen LogP contribution < -0.4 is 15.6 Å². The first-order chi connectivity index (χ1) is 13.6. The topological polar surface area (TPSA) is 105 Å². The minimum atomic E-state index is -1.03. The molecule has 0 saturated heterocycles. The third kappa shape index (κ3) is 5.87. The molecule has 2 rings (SSSR count). The van der Waals surface area contributed by atoms with Gasteiger partial charge in [-0.1, -0.05) is 41.3 Å². The fourth-order valence-corrected chi connectivity index (χ4v) is 3.49. The van der Waals surface area contributed by atoms with Gasteiger partial charge in [0, 0.05) is 11.1 Å². The normalized spacial score (nSPS) is 20.0. The maximum atomic E-state index is 12.5. The summed E-state index contributed by atoms with van der Waals surface area (Å²) in [6.45, 7) is 5.48. The van der Waals surface area contributed by atoms with Gasteiger partial charge in [-0.15, -0.1) is 0 Å². The summed E-state index contributed by atoms with van der Waals surface area (Å²) in [7, 11) is 0. The number of allylic oxidation sites excluding steroid dienone is 2. The molecule has 0 bridgehead atoms. The highest BCUT2D eigenvalue weighted by molar-refractivity contribution is 6.34. The number of hydrogen-bond acceptors (Lipinski definition) is 4. The van der Waals surface area contributed by atoms with Crippen LogP contribution in [0.5, 0.6) is 5.75 Å². The molecule has 158 valence electrons. The van der Waals surface area contributed by atoms with E-state index in [2.05, 4.69) is 10.9 Å². The maximum absolute atomic E-state index is 12.5. The number of hydrazine groups is 1. The Morgan fingerprint density at radius 1 is 1.14 bits per heavy atom. The Labute approximate surface area is 179 Å². The Kier molecular flexibility index (Phi) is 7.93. The van der Waals surface area contributed by atoms with Gasteiger partial charge in [0.1, 0.15) is 5.75 Å². The first-order valence-corrected chi connectivity index (χ1v) is 9.99. The molecule has 0 heterocycles. The molecule has 29 heavy (non-hydrogen) atoms. The van der Waals surface area contributed by atoms with Crippen molar-refractivity contribution in [1.29, 1.82) is 0 Å². The number of carboxylic acids is 1. The fourth-order valence-electron chi connectivity index (χ4n) is 3.17. The van der Waals surface area contributed by atoms with Crippen LogP contribution in [0.15, 0.2) is 29.3 Å². The van der Waals surface area contributed by atoms with Crippen molar-refractivity contribution in [3.8, 4) is 5.75 Å². The van der Waals surface area contributed by atoms with Crippen LogP contribution in [0.3, 0.4) is 0 Å². The summed E-state index contributed by atoms with van der Waals surface area (Å²) in [5, 5.41) is 10.2. The Hall–Kier alpha value is -2.25. The number of amides is 2. The predicted octanol–water partition coefficient (Wildman–Crippen LogP) is 3.75. The van der Waals surface area contributed by atoms with Crippen molar-refractivity contribution < 1.29 is 24.2 Å². The van der Waals surface area contributed by atoms with Crippen LogP contribution in [-0.2, 0) is 14.4 Å². The highest BCUT2D eigenvalue weighted by Crippen LogP contribution is 2.34. The SMILES string of the molecule is CC[C@H](Oc1cc(Cl)ccc1Cl)C(=O)NNC(=O)[C@@H]1CC(C)=C(C)C[C@H]1C(=O)O. The van der Waals surface area contributed by atoms with Crippen molar-refractivity contribution >= 4 is 41.0 Å². The van der Waals surface area contributed by atoms with E-state index in [0.29, 0.717) is 29.3 Å². The number of carboxylic acid groups (broad SMARTS) is 1. The van der Waals surface area contributed by atoms with Crippen molar-refractivity contribution in [2.75, 3.05) is 0 Å². The van der Waals surface area contributed by atoms with Gasteiger partial charge in [-0.25, -0.2) is 0 Å². The molecule has 1 aromatic rings. The lowest BCUT2D eigenvalue weighted by atomic mass is 9.76. The van der Waals surface area contributed by atoms with Gasteiger partial charge < -0.3 is 9.84 Å². The molecule has 7 nitrogen and oxygen atoms in total. The number of aliphatic carboxylic acids is 1. The average Bonchev–Trinajstić information content (AvgIpc) is 2.67. The maximum Gasteiger partial charge on any atom is 0.307 e. The van der Waals surface area contributed by atoms with Gasteiger partial charge in [0.05, 0.1) is 16.9 Å². The standard InChI is InChI=1S/C20H24Cl2N2O5/c1-4-16(29-17-9-12(21)5-6-15(17)22)19(26)24-23-18(25)13-7-10(2)11(3)8-14(13)20(27)28/h5-6,9,13-14,16H,4,7-8H2,1-3H3,(H,23,25)(H,24,26)(H,27,28)/t13-,14-,16+/m1/s1. The number of ether oxygens (including phenoxy) is 1. The van der Waals surface area contributed by atoms with Crippen molar-refractivity contribution in [2.24, 2.45) is 11.8 Å². The van der Waals surface area contributed by atoms with Crippen molar-refractivity contribution in [3.63, 3.8) is 0 Å². The largest absolute Gasteiger partial charge is 0.481 e. The van der Waals surface area contributed by atoms with E-state index in [1.165, 1.54) is 6.07 Å². The van der Waals surface area contributed by atoms with Crippen LogP contribution in [0, 0.1) is 11.8 Å². The van der Waals surface area contributed by atoms with Crippen LogP contribution in [0.1, 0.15) is 40.0 Å². The van der Waals surface area contributed by atoms with Crippen LogP contribution in [-0.4, -0.2) is 29.0 Å². The van der Waals surface area contributed by atoms with E-state index in [4.69, 9.17) is 27.9 Å². The van der Waals surface area contributed by atoms with Crippen molar-refractivity contribution in [1.82, 2.24) is 10.9 Å². The third-order valence-corrected chi connectivity index (χ3v) is 5.60. The molecule has 3 atom stereocenters. The van der Waals surface area contributed by atoms with E-state index >= 15 is 0 Å². The summed E-state index contributed by atoms with van der Waals surface area (Å²) in [4.78, 5) is 36.5. The summed E-state index contributed by atoms with van der Waals surface area (Å²) in [5.41, 5.74) is 6.62. The first kappa shape index (κ1) is 23.0. The zero-order valence-electron chi connectivity index (χ0n) is 16.4. The second kappa shape index (κ2) is 9.98. The zero-order chi connectivity index (χ0) is 21.7. The predicted molar refractivity (Wildman–Crippen MR) is 110 cm³/mol. The van der Waals surface area contributed by atoms with Gasteiger partial charge in [0.2, 0.25) is 5.91 Å². The summed E-state index contributed by atoms with van der Waals surface area (Å²) < 4.78 is 5.62. The molecule has 1 aliphatic carbocycles. The summed E-state index contributed by atoms with van der Waals surface area (Å²) >= 11 is 12.0. The molecule has 3 N–H and O–H groups in total. The second-order valence-corrected chi connectivity index (χ2v) is 7.93. The Morgan fingerprint density at radius 2 is 1.76 bits per heavy atom. The zero-order valence-corrected chi connectivity index (χ0v) is 17.9. The Balaban J connectivity index is 2.01. The average molecular weight is 443 g/mol. The highest BCUT2D eigenvalue weighted by Gasteiger charge is 2.37. The molecular formula is C20H24Cl2N2O5. The van der Waals surface area contributed by atoms with Crippen LogP contribution in [0.25, 0.3) is 0 Å². The molecule has 9 heteroatoms. The molecule has 0 aromatic heterocycles. The number of carbonyl (C=O) groups is 3. The minimum absolute atomic E-state index is 0.252. The highest BCUT2D eigenvalue weighted by atomic mass is 35.5. The van der Waals surface area contributed by atoms with E-state index in [9.17, 15) is 19.5 Å². The van der Waals surface area contributed by atoms with E-state index in [0.717, 1.165) is 11.1 Å². The third-order valence-electron chi connectivity index (χ3n) is 5.06. The van der Waals surface area contributed by atoms with E-state index in [1.807, 2.05) is 13.8 Å². The molecule has 1 aromatic carbocycles. The number of halogens is 2. The van der Waals surface area contributed by atoms with E-state index < -0.39 is 35.7 Å².